The summed E-state index contributed by atoms with van der Waals surface area (Å²) in [4.78, 5) is 0. The van der Waals surface area contributed by atoms with Gasteiger partial charge in [0.05, 0.1) is 0 Å². The summed E-state index contributed by atoms with van der Waals surface area (Å²) in [6.07, 6.45) is 5.15. The summed E-state index contributed by atoms with van der Waals surface area (Å²) in [5.41, 5.74) is 7.54. The van der Waals surface area contributed by atoms with Gasteiger partial charge in [0.1, 0.15) is 0 Å². The van der Waals surface area contributed by atoms with Gasteiger partial charge in [-0.3, -0.25) is 0 Å². The van der Waals surface area contributed by atoms with E-state index < -0.39 is 0 Å². The number of benzene rings is 2. The molecule has 0 atom stereocenters. The molecule has 1 aliphatic carbocycles. The topological polar surface area (TPSA) is 54.5 Å². The van der Waals surface area contributed by atoms with Gasteiger partial charge in [0.15, 0.2) is 5.82 Å². The summed E-state index contributed by atoms with van der Waals surface area (Å²) in [6, 6.07) is 17.3. The molecule has 25 heavy (non-hydrogen) atoms. The fourth-order valence-corrected chi connectivity index (χ4v) is 3.21. The summed E-state index contributed by atoms with van der Waals surface area (Å²) in [6.45, 7) is 4.43. The maximum atomic E-state index is 4.08. The van der Waals surface area contributed by atoms with Gasteiger partial charge < -0.3 is 0 Å². The number of aromatic amines is 1. The Labute approximate surface area is 147 Å². The van der Waals surface area contributed by atoms with Crippen molar-refractivity contribution < 1.29 is 0 Å². The van der Waals surface area contributed by atoms with E-state index in [4.69, 9.17) is 0 Å². The number of fused-ring (bicyclic) bond motifs is 1. The van der Waals surface area contributed by atoms with Crippen molar-refractivity contribution in [2.45, 2.75) is 26.2 Å². The number of allylic oxidation sites excluding steroid dienone is 3. The first-order valence-corrected chi connectivity index (χ1v) is 8.55. The van der Waals surface area contributed by atoms with E-state index in [2.05, 4.69) is 95.2 Å². The molecule has 0 unspecified atom stereocenters. The van der Waals surface area contributed by atoms with Crippen LogP contribution in [-0.2, 0) is 6.42 Å². The van der Waals surface area contributed by atoms with Crippen LogP contribution in [0.1, 0.15) is 47.8 Å². The van der Waals surface area contributed by atoms with Crippen molar-refractivity contribution in [2.24, 2.45) is 0 Å². The molecule has 1 heterocycles. The summed E-state index contributed by atoms with van der Waals surface area (Å²) in [7, 11) is 0. The average molecular weight is 328 g/mol. The first-order chi connectivity index (χ1) is 12.2. The van der Waals surface area contributed by atoms with Crippen LogP contribution in [-0.4, -0.2) is 20.6 Å². The number of nitrogens with one attached hydrogen (secondary N) is 1. The summed E-state index contributed by atoms with van der Waals surface area (Å²) in [5, 5.41) is 14.3. The third-order valence-corrected chi connectivity index (χ3v) is 4.58. The molecule has 1 aliphatic rings. The lowest BCUT2D eigenvalue weighted by Crippen LogP contribution is -1.92. The Morgan fingerprint density at radius 3 is 2.44 bits per heavy atom. The maximum absolute atomic E-state index is 4.08. The van der Waals surface area contributed by atoms with Crippen LogP contribution in [0.3, 0.4) is 0 Å². The SMILES string of the molecule is CC(C)c1ccc(/C=C2\C=C(Cc3nn[nH]n3)c3ccccc32)cc1. The highest BCUT2D eigenvalue weighted by atomic mass is 15.5. The van der Waals surface area contributed by atoms with Crippen molar-refractivity contribution in [1.29, 1.82) is 0 Å². The Balaban J connectivity index is 1.70. The standard InChI is InChI=1S/C21H20N4/c1-14(2)16-9-7-15(8-10-16)11-17-12-18(13-21-22-24-25-23-21)20-6-4-3-5-19(17)20/h3-12,14H,13H2,1-2H3,(H,22,23,24,25)/b17-11+. The van der Waals surface area contributed by atoms with Crippen LogP contribution >= 0.6 is 0 Å². The van der Waals surface area contributed by atoms with E-state index in [1.165, 1.54) is 33.4 Å². The highest BCUT2D eigenvalue weighted by molar-refractivity contribution is 6.01. The van der Waals surface area contributed by atoms with E-state index in [1.807, 2.05) is 0 Å². The zero-order valence-electron chi connectivity index (χ0n) is 14.4. The van der Waals surface area contributed by atoms with E-state index in [9.17, 15) is 0 Å². The van der Waals surface area contributed by atoms with E-state index >= 15 is 0 Å². The highest BCUT2D eigenvalue weighted by Gasteiger charge is 2.19. The summed E-state index contributed by atoms with van der Waals surface area (Å²) < 4.78 is 0. The van der Waals surface area contributed by atoms with Crippen molar-refractivity contribution in [3.8, 4) is 0 Å². The zero-order valence-corrected chi connectivity index (χ0v) is 14.4. The molecular weight excluding hydrogens is 308 g/mol. The molecule has 4 rings (SSSR count). The molecule has 124 valence electrons. The van der Waals surface area contributed by atoms with Crippen molar-refractivity contribution in [3.63, 3.8) is 0 Å². The van der Waals surface area contributed by atoms with E-state index in [0.29, 0.717) is 18.2 Å². The molecule has 0 saturated heterocycles. The molecule has 0 amide bonds. The van der Waals surface area contributed by atoms with Gasteiger partial charge in [-0.2, -0.15) is 5.21 Å². The van der Waals surface area contributed by atoms with Gasteiger partial charge in [-0.1, -0.05) is 73.7 Å². The number of tetrazole rings is 1. The van der Waals surface area contributed by atoms with Gasteiger partial charge in [-0.15, -0.1) is 10.2 Å². The minimum atomic E-state index is 0.551. The maximum Gasteiger partial charge on any atom is 0.178 e. The van der Waals surface area contributed by atoms with E-state index in [1.54, 1.807) is 0 Å². The second kappa shape index (κ2) is 6.48. The van der Waals surface area contributed by atoms with Gasteiger partial charge in [-0.05, 0) is 45.4 Å². The summed E-state index contributed by atoms with van der Waals surface area (Å²) in [5.74, 6) is 1.26. The molecule has 0 radical (unpaired) electrons. The zero-order chi connectivity index (χ0) is 17.2. The molecule has 0 saturated carbocycles. The number of H-pyrrole nitrogens is 1. The smallest absolute Gasteiger partial charge is 0.177 e. The van der Waals surface area contributed by atoms with Crippen molar-refractivity contribution in [3.05, 3.63) is 82.7 Å². The lowest BCUT2D eigenvalue weighted by atomic mass is 9.99. The number of nitrogens with zero attached hydrogens (tertiary/aromatic N) is 3. The van der Waals surface area contributed by atoms with Crippen LogP contribution < -0.4 is 0 Å². The molecule has 3 aromatic rings. The molecule has 0 spiro atoms. The molecule has 4 heteroatoms. The third-order valence-electron chi connectivity index (χ3n) is 4.58. The second-order valence-corrected chi connectivity index (χ2v) is 6.64. The Morgan fingerprint density at radius 1 is 1.00 bits per heavy atom. The Hall–Kier alpha value is -3.01. The van der Waals surface area contributed by atoms with Gasteiger partial charge in [0, 0.05) is 6.42 Å². The van der Waals surface area contributed by atoms with Crippen molar-refractivity contribution in [1.82, 2.24) is 20.6 Å². The van der Waals surface area contributed by atoms with Crippen LogP contribution in [0.4, 0.5) is 0 Å². The predicted octanol–water partition coefficient (Wildman–Crippen LogP) is 4.50. The Bertz CT molecular complexity index is 932. The first-order valence-electron chi connectivity index (χ1n) is 8.55. The fourth-order valence-electron chi connectivity index (χ4n) is 3.21. The van der Waals surface area contributed by atoms with Crippen LogP contribution in [0, 0.1) is 0 Å². The minimum Gasteiger partial charge on any atom is -0.177 e. The van der Waals surface area contributed by atoms with Crippen LogP contribution in [0.25, 0.3) is 17.2 Å². The van der Waals surface area contributed by atoms with Crippen LogP contribution in [0.5, 0.6) is 0 Å². The second-order valence-electron chi connectivity index (χ2n) is 6.64. The fraction of sp³-hybridized carbons (Fsp3) is 0.190. The molecule has 2 aromatic carbocycles. The van der Waals surface area contributed by atoms with Gasteiger partial charge >= 0.3 is 0 Å². The quantitative estimate of drug-likeness (QED) is 0.767. The number of aromatic nitrogens is 4. The van der Waals surface area contributed by atoms with Gasteiger partial charge in [-0.25, -0.2) is 0 Å². The van der Waals surface area contributed by atoms with E-state index in [0.717, 1.165) is 0 Å². The Kier molecular flexibility index (Phi) is 4.02. The third kappa shape index (κ3) is 3.15. The van der Waals surface area contributed by atoms with Crippen molar-refractivity contribution in [2.75, 3.05) is 0 Å². The normalized spacial score (nSPS) is 14.8. The lowest BCUT2D eigenvalue weighted by Gasteiger charge is -2.06. The number of hydrogen-bond donors (Lipinski definition) is 1. The van der Waals surface area contributed by atoms with Gasteiger partial charge in [0.25, 0.3) is 0 Å². The predicted molar refractivity (Wildman–Crippen MR) is 101 cm³/mol. The van der Waals surface area contributed by atoms with Gasteiger partial charge in [0.2, 0.25) is 0 Å². The molecular formula is C21H20N4. The lowest BCUT2D eigenvalue weighted by molar-refractivity contribution is 0.866. The molecule has 4 nitrogen and oxygen atoms in total. The largest absolute Gasteiger partial charge is 0.178 e. The minimum absolute atomic E-state index is 0.551. The van der Waals surface area contributed by atoms with E-state index in [-0.39, 0.29) is 0 Å². The monoisotopic (exact) mass is 328 g/mol. The molecule has 1 aromatic heterocycles. The first kappa shape index (κ1) is 15.5. The molecule has 1 N–H and O–H groups in total. The Morgan fingerprint density at radius 2 is 1.76 bits per heavy atom. The highest BCUT2D eigenvalue weighted by Crippen LogP contribution is 2.37. The summed E-state index contributed by atoms with van der Waals surface area (Å²) >= 11 is 0. The number of rotatable bonds is 4. The average Bonchev–Trinajstić information content (AvgIpc) is 3.25. The van der Waals surface area contributed by atoms with Crippen molar-refractivity contribution >= 4 is 17.2 Å². The molecule has 0 aliphatic heterocycles. The molecule has 0 bridgehead atoms. The van der Waals surface area contributed by atoms with Crippen LogP contribution in [0.2, 0.25) is 0 Å². The number of hydrogen-bond acceptors (Lipinski definition) is 3. The van der Waals surface area contributed by atoms with Crippen LogP contribution in [0.15, 0.2) is 54.6 Å². The molecule has 0 fully saturated rings.